The topological polar surface area (TPSA) is 12.0 Å². The summed E-state index contributed by atoms with van der Waals surface area (Å²) in [5, 5.41) is 5.60. The standard InChI is InChI=1S/C15H25NS/c1-11(2)12-6-7-13(10-16-3)14(9-12)15-5-4-8-17-15/h4-5,8,11-14,16H,6-7,9-10H2,1-3H3. The quantitative estimate of drug-likeness (QED) is 0.848. The largest absolute Gasteiger partial charge is 0.319 e. The predicted octanol–water partition coefficient (Wildman–Crippen LogP) is 4.12. The molecule has 0 aliphatic heterocycles. The van der Waals surface area contributed by atoms with Gasteiger partial charge in [-0.25, -0.2) is 0 Å². The van der Waals surface area contributed by atoms with Gasteiger partial charge in [0.25, 0.3) is 0 Å². The fourth-order valence-corrected chi connectivity index (χ4v) is 4.16. The summed E-state index contributed by atoms with van der Waals surface area (Å²) in [6, 6.07) is 4.54. The molecule has 0 bridgehead atoms. The van der Waals surface area contributed by atoms with Gasteiger partial charge >= 0.3 is 0 Å². The highest BCUT2D eigenvalue weighted by molar-refractivity contribution is 7.10. The normalized spacial score (nSPS) is 29.8. The van der Waals surface area contributed by atoms with Gasteiger partial charge in [-0.15, -0.1) is 11.3 Å². The third-order valence-electron chi connectivity index (χ3n) is 4.35. The van der Waals surface area contributed by atoms with Crippen LogP contribution in [0.5, 0.6) is 0 Å². The van der Waals surface area contributed by atoms with E-state index in [0.29, 0.717) is 0 Å². The van der Waals surface area contributed by atoms with E-state index in [2.05, 4.69) is 43.7 Å². The molecule has 3 atom stereocenters. The van der Waals surface area contributed by atoms with Crippen molar-refractivity contribution >= 4 is 11.3 Å². The Hall–Kier alpha value is -0.340. The molecule has 1 heterocycles. The summed E-state index contributed by atoms with van der Waals surface area (Å²) in [6.45, 7) is 5.94. The molecule has 0 amide bonds. The fraction of sp³-hybridized carbons (Fsp3) is 0.733. The molecule has 1 aliphatic rings. The van der Waals surface area contributed by atoms with Crippen molar-refractivity contribution in [3.8, 4) is 0 Å². The van der Waals surface area contributed by atoms with Crippen LogP contribution in [0.2, 0.25) is 0 Å². The number of hydrogen-bond acceptors (Lipinski definition) is 2. The summed E-state index contributed by atoms with van der Waals surface area (Å²) in [4.78, 5) is 1.61. The Morgan fingerprint density at radius 1 is 1.41 bits per heavy atom. The van der Waals surface area contributed by atoms with Crippen LogP contribution in [-0.2, 0) is 0 Å². The Morgan fingerprint density at radius 2 is 2.24 bits per heavy atom. The lowest BCUT2D eigenvalue weighted by atomic mass is 9.70. The zero-order chi connectivity index (χ0) is 12.3. The van der Waals surface area contributed by atoms with Gasteiger partial charge in [-0.2, -0.15) is 0 Å². The summed E-state index contributed by atoms with van der Waals surface area (Å²) < 4.78 is 0. The van der Waals surface area contributed by atoms with Gasteiger partial charge in [0, 0.05) is 4.88 Å². The zero-order valence-electron chi connectivity index (χ0n) is 11.3. The molecule has 1 N–H and O–H groups in total. The smallest absolute Gasteiger partial charge is 0.00795 e. The molecule has 3 unspecified atom stereocenters. The molecule has 1 saturated carbocycles. The van der Waals surface area contributed by atoms with Crippen LogP contribution in [0.25, 0.3) is 0 Å². The van der Waals surface area contributed by atoms with Gasteiger partial charge in [0.2, 0.25) is 0 Å². The molecular formula is C15H25NS. The Labute approximate surface area is 110 Å². The lowest BCUT2D eigenvalue weighted by Crippen LogP contribution is -2.31. The van der Waals surface area contributed by atoms with Crippen molar-refractivity contribution in [2.24, 2.45) is 17.8 Å². The van der Waals surface area contributed by atoms with Crippen LogP contribution < -0.4 is 5.32 Å². The second-order valence-electron chi connectivity index (χ2n) is 5.76. The minimum atomic E-state index is 0.795. The Morgan fingerprint density at radius 3 is 2.82 bits per heavy atom. The van der Waals surface area contributed by atoms with E-state index < -0.39 is 0 Å². The Balaban J connectivity index is 2.10. The lowest BCUT2D eigenvalue weighted by molar-refractivity contribution is 0.194. The molecule has 0 saturated heterocycles. The molecule has 1 aromatic rings. The molecule has 2 heteroatoms. The van der Waals surface area contributed by atoms with Crippen molar-refractivity contribution in [2.45, 2.75) is 39.0 Å². The molecule has 0 aromatic carbocycles. The second-order valence-corrected chi connectivity index (χ2v) is 6.74. The maximum absolute atomic E-state index is 3.38. The molecule has 0 radical (unpaired) electrons. The highest BCUT2D eigenvalue weighted by Gasteiger charge is 2.32. The third kappa shape index (κ3) is 3.11. The maximum Gasteiger partial charge on any atom is 0.00795 e. The maximum atomic E-state index is 3.38. The van der Waals surface area contributed by atoms with E-state index in [-0.39, 0.29) is 0 Å². The van der Waals surface area contributed by atoms with Crippen LogP contribution in [0.1, 0.15) is 43.9 Å². The van der Waals surface area contributed by atoms with Crippen molar-refractivity contribution in [3.05, 3.63) is 22.4 Å². The number of nitrogens with one attached hydrogen (secondary N) is 1. The van der Waals surface area contributed by atoms with Crippen LogP contribution in [0.4, 0.5) is 0 Å². The number of hydrogen-bond donors (Lipinski definition) is 1. The van der Waals surface area contributed by atoms with Crippen LogP contribution in [0, 0.1) is 17.8 Å². The van der Waals surface area contributed by atoms with Crippen molar-refractivity contribution in [1.82, 2.24) is 5.32 Å². The van der Waals surface area contributed by atoms with Gasteiger partial charge in [0.15, 0.2) is 0 Å². The lowest BCUT2D eigenvalue weighted by Gasteiger charge is -2.37. The van der Waals surface area contributed by atoms with E-state index in [4.69, 9.17) is 0 Å². The van der Waals surface area contributed by atoms with E-state index in [9.17, 15) is 0 Å². The Bertz CT molecular complexity index is 318. The monoisotopic (exact) mass is 251 g/mol. The van der Waals surface area contributed by atoms with Crippen LogP contribution in [0.15, 0.2) is 17.5 Å². The predicted molar refractivity (Wildman–Crippen MR) is 76.7 cm³/mol. The van der Waals surface area contributed by atoms with Gasteiger partial charge in [0.1, 0.15) is 0 Å². The summed E-state index contributed by atoms with van der Waals surface area (Å²) in [5.41, 5.74) is 0. The highest BCUT2D eigenvalue weighted by Crippen LogP contribution is 2.44. The summed E-state index contributed by atoms with van der Waals surface area (Å²) in [5.74, 6) is 3.40. The van der Waals surface area contributed by atoms with E-state index in [0.717, 1.165) is 23.7 Å². The molecule has 1 aliphatic carbocycles. The van der Waals surface area contributed by atoms with E-state index in [1.165, 1.54) is 25.8 Å². The summed E-state index contributed by atoms with van der Waals surface area (Å²) in [6.07, 6.45) is 4.21. The number of rotatable bonds is 4. The fourth-order valence-electron chi connectivity index (χ4n) is 3.23. The first kappa shape index (κ1) is 13.1. The molecule has 1 fully saturated rings. The van der Waals surface area contributed by atoms with E-state index >= 15 is 0 Å². The van der Waals surface area contributed by atoms with E-state index in [1.54, 1.807) is 4.88 Å². The van der Waals surface area contributed by atoms with E-state index in [1.807, 2.05) is 11.3 Å². The minimum Gasteiger partial charge on any atom is -0.319 e. The van der Waals surface area contributed by atoms with Crippen LogP contribution >= 0.6 is 11.3 Å². The average Bonchev–Trinajstić information content (AvgIpc) is 2.83. The van der Waals surface area contributed by atoms with Crippen LogP contribution in [0.3, 0.4) is 0 Å². The molecule has 0 spiro atoms. The summed E-state index contributed by atoms with van der Waals surface area (Å²) in [7, 11) is 2.08. The first-order chi connectivity index (χ1) is 8.22. The zero-order valence-corrected chi connectivity index (χ0v) is 12.1. The first-order valence-electron chi connectivity index (χ1n) is 6.90. The Kier molecular flexibility index (Phi) is 4.63. The van der Waals surface area contributed by atoms with Gasteiger partial charge in [-0.3, -0.25) is 0 Å². The third-order valence-corrected chi connectivity index (χ3v) is 5.36. The molecular weight excluding hydrogens is 226 g/mol. The first-order valence-corrected chi connectivity index (χ1v) is 7.78. The van der Waals surface area contributed by atoms with Crippen molar-refractivity contribution in [1.29, 1.82) is 0 Å². The van der Waals surface area contributed by atoms with Gasteiger partial charge in [-0.1, -0.05) is 19.9 Å². The SMILES string of the molecule is CNCC1CCC(C(C)C)CC1c1cccs1. The van der Waals surface area contributed by atoms with Crippen molar-refractivity contribution in [3.63, 3.8) is 0 Å². The minimum absolute atomic E-state index is 0.795. The molecule has 17 heavy (non-hydrogen) atoms. The van der Waals surface area contributed by atoms with Crippen molar-refractivity contribution in [2.75, 3.05) is 13.6 Å². The van der Waals surface area contributed by atoms with Crippen LogP contribution in [-0.4, -0.2) is 13.6 Å². The second kappa shape index (κ2) is 6.01. The van der Waals surface area contributed by atoms with Gasteiger partial charge in [-0.05, 0) is 68.0 Å². The molecule has 1 nitrogen and oxygen atoms in total. The molecule has 2 rings (SSSR count). The molecule has 1 aromatic heterocycles. The average molecular weight is 251 g/mol. The molecule has 96 valence electrons. The van der Waals surface area contributed by atoms with Gasteiger partial charge in [0.05, 0.1) is 0 Å². The summed E-state index contributed by atoms with van der Waals surface area (Å²) >= 11 is 1.95. The highest BCUT2D eigenvalue weighted by atomic mass is 32.1. The van der Waals surface area contributed by atoms with Crippen molar-refractivity contribution < 1.29 is 0 Å². The number of thiophene rings is 1. The van der Waals surface area contributed by atoms with Gasteiger partial charge < -0.3 is 5.32 Å².